The molecule has 0 aliphatic carbocycles. The quantitative estimate of drug-likeness (QED) is 0.390. The molecule has 0 saturated carbocycles. The highest BCUT2D eigenvalue weighted by molar-refractivity contribution is 8.27. The van der Waals surface area contributed by atoms with E-state index in [4.69, 9.17) is 21.7 Å². The number of ether oxygens (including phenoxy) is 3. The molecule has 150 valence electrons. The first-order valence-electron chi connectivity index (χ1n) is 8.34. The van der Waals surface area contributed by atoms with Crippen molar-refractivity contribution in [2.75, 3.05) is 25.7 Å². The minimum absolute atomic E-state index is 0.284. The standard InChI is InChI=1S/C20H16FNO5S2/c1-25-15-8-3-5-12(18(15)27-11-17(23)26-2)9-16-19(24)22(20(28)29-16)14-7-4-6-13(21)10-14/h3-10H,11H2,1-2H3/b16-9-. The summed E-state index contributed by atoms with van der Waals surface area (Å²) in [6.45, 7) is -0.317. The van der Waals surface area contributed by atoms with Gasteiger partial charge in [0.05, 0.1) is 24.8 Å². The Bertz CT molecular complexity index is 1010. The molecule has 1 saturated heterocycles. The molecule has 2 aromatic rings. The van der Waals surface area contributed by atoms with E-state index in [0.29, 0.717) is 21.9 Å². The first-order valence-corrected chi connectivity index (χ1v) is 9.57. The van der Waals surface area contributed by atoms with E-state index in [1.54, 1.807) is 30.3 Å². The Labute approximate surface area is 176 Å². The van der Waals surface area contributed by atoms with Gasteiger partial charge in [0, 0.05) is 5.56 Å². The van der Waals surface area contributed by atoms with E-state index in [-0.39, 0.29) is 22.6 Å². The lowest BCUT2D eigenvalue weighted by atomic mass is 10.1. The number of esters is 1. The van der Waals surface area contributed by atoms with Crippen molar-refractivity contribution in [1.29, 1.82) is 0 Å². The van der Waals surface area contributed by atoms with Crippen LogP contribution >= 0.6 is 24.0 Å². The number of thioether (sulfide) groups is 1. The molecule has 2 aromatic carbocycles. The van der Waals surface area contributed by atoms with Crippen LogP contribution in [0.1, 0.15) is 5.56 Å². The van der Waals surface area contributed by atoms with Gasteiger partial charge in [-0.15, -0.1) is 0 Å². The van der Waals surface area contributed by atoms with E-state index in [0.717, 1.165) is 11.8 Å². The van der Waals surface area contributed by atoms with Crippen LogP contribution in [0.3, 0.4) is 0 Å². The SMILES string of the molecule is COC(=O)COc1c(/C=C2\SC(=S)N(c3cccc(F)c3)C2=O)cccc1OC. The van der Waals surface area contributed by atoms with Crippen molar-refractivity contribution >= 4 is 51.9 Å². The normalized spacial score (nSPS) is 15.0. The van der Waals surface area contributed by atoms with Gasteiger partial charge in [0.2, 0.25) is 0 Å². The fourth-order valence-corrected chi connectivity index (χ4v) is 3.89. The second-order valence-corrected chi connectivity index (χ2v) is 7.42. The maximum atomic E-state index is 13.6. The minimum atomic E-state index is -0.556. The smallest absolute Gasteiger partial charge is 0.343 e. The molecule has 0 radical (unpaired) electrons. The van der Waals surface area contributed by atoms with Gasteiger partial charge in [-0.05, 0) is 30.3 Å². The lowest BCUT2D eigenvalue weighted by molar-refractivity contribution is -0.142. The summed E-state index contributed by atoms with van der Waals surface area (Å²) in [5.74, 6) is -0.724. The van der Waals surface area contributed by atoms with E-state index in [9.17, 15) is 14.0 Å². The number of nitrogens with zero attached hydrogens (tertiary/aromatic N) is 1. The molecule has 1 aliphatic rings. The lowest BCUT2D eigenvalue weighted by Crippen LogP contribution is -2.27. The number of halogens is 1. The van der Waals surface area contributed by atoms with Crippen LogP contribution in [0.4, 0.5) is 10.1 Å². The number of carbonyl (C=O) groups excluding carboxylic acids is 2. The number of amides is 1. The van der Waals surface area contributed by atoms with Crippen molar-refractivity contribution in [3.8, 4) is 11.5 Å². The van der Waals surface area contributed by atoms with Crippen molar-refractivity contribution in [3.63, 3.8) is 0 Å². The highest BCUT2D eigenvalue weighted by Crippen LogP contribution is 2.39. The van der Waals surface area contributed by atoms with Gasteiger partial charge in [-0.1, -0.05) is 42.2 Å². The highest BCUT2D eigenvalue weighted by atomic mass is 32.2. The molecule has 1 aliphatic heterocycles. The maximum absolute atomic E-state index is 13.6. The van der Waals surface area contributed by atoms with Crippen LogP contribution in [0, 0.1) is 5.82 Å². The first-order chi connectivity index (χ1) is 13.9. The topological polar surface area (TPSA) is 65.1 Å². The molecule has 0 spiro atoms. The van der Waals surface area contributed by atoms with Gasteiger partial charge in [-0.3, -0.25) is 9.69 Å². The van der Waals surface area contributed by atoms with Crippen molar-refractivity contribution < 1.29 is 28.2 Å². The second kappa shape index (κ2) is 9.06. The third-order valence-electron chi connectivity index (χ3n) is 3.94. The van der Waals surface area contributed by atoms with Crippen molar-refractivity contribution in [2.45, 2.75) is 0 Å². The molecule has 1 amide bonds. The summed E-state index contributed by atoms with van der Waals surface area (Å²) in [4.78, 5) is 25.9. The number of rotatable bonds is 6. The van der Waals surface area contributed by atoms with E-state index < -0.39 is 11.8 Å². The van der Waals surface area contributed by atoms with E-state index >= 15 is 0 Å². The Morgan fingerprint density at radius 3 is 2.69 bits per heavy atom. The minimum Gasteiger partial charge on any atom is -0.493 e. The lowest BCUT2D eigenvalue weighted by Gasteiger charge is -2.14. The largest absolute Gasteiger partial charge is 0.493 e. The molecule has 9 heteroatoms. The van der Waals surface area contributed by atoms with Crippen LogP contribution in [0.25, 0.3) is 6.08 Å². The molecular formula is C20H16FNO5S2. The Morgan fingerprint density at radius 2 is 2.00 bits per heavy atom. The van der Waals surface area contributed by atoms with Crippen LogP contribution < -0.4 is 14.4 Å². The molecule has 0 N–H and O–H groups in total. The van der Waals surface area contributed by atoms with Gasteiger partial charge in [0.1, 0.15) is 5.82 Å². The van der Waals surface area contributed by atoms with E-state index in [2.05, 4.69) is 4.74 Å². The van der Waals surface area contributed by atoms with Crippen LogP contribution in [-0.4, -0.2) is 37.0 Å². The number of para-hydroxylation sites is 1. The molecule has 29 heavy (non-hydrogen) atoms. The number of methoxy groups -OCH3 is 2. The fraction of sp³-hybridized carbons (Fsp3) is 0.150. The third-order valence-corrected chi connectivity index (χ3v) is 5.24. The van der Waals surface area contributed by atoms with Gasteiger partial charge in [0.25, 0.3) is 5.91 Å². The zero-order chi connectivity index (χ0) is 21.0. The maximum Gasteiger partial charge on any atom is 0.343 e. The summed E-state index contributed by atoms with van der Waals surface area (Å²) >= 11 is 6.39. The molecule has 6 nitrogen and oxygen atoms in total. The zero-order valence-electron chi connectivity index (χ0n) is 15.5. The monoisotopic (exact) mass is 433 g/mol. The molecule has 3 rings (SSSR count). The Morgan fingerprint density at radius 1 is 1.24 bits per heavy atom. The predicted octanol–water partition coefficient (Wildman–Crippen LogP) is 3.79. The number of hydrogen-bond donors (Lipinski definition) is 0. The van der Waals surface area contributed by atoms with Crippen LogP contribution in [0.5, 0.6) is 11.5 Å². The zero-order valence-corrected chi connectivity index (χ0v) is 17.1. The average molecular weight is 433 g/mol. The predicted molar refractivity (Wildman–Crippen MR) is 113 cm³/mol. The van der Waals surface area contributed by atoms with Crippen LogP contribution in [-0.2, 0) is 14.3 Å². The molecule has 1 heterocycles. The number of anilines is 1. The molecule has 1 fully saturated rings. The first kappa shape index (κ1) is 20.8. The Balaban J connectivity index is 1.95. The number of benzene rings is 2. The number of hydrogen-bond acceptors (Lipinski definition) is 7. The van der Waals surface area contributed by atoms with E-state index in [1.165, 1.54) is 37.3 Å². The van der Waals surface area contributed by atoms with Gasteiger partial charge < -0.3 is 14.2 Å². The second-order valence-electron chi connectivity index (χ2n) is 5.74. The van der Waals surface area contributed by atoms with Gasteiger partial charge in [-0.25, -0.2) is 9.18 Å². The molecule has 0 unspecified atom stereocenters. The average Bonchev–Trinajstić information content (AvgIpc) is 2.99. The fourth-order valence-electron chi connectivity index (χ4n) is 2.60. The summed E-state index contributed by atoms with van der Waals surface area (Å²) in [6.07, 6.45) is 1.59. The van der Waals surface area contributed by atoms with Crippen molar-refractivity contribution in [3.05, 3.63) is 58.8 Å². The van der Waals surface area contributed by atoms with Crippen molar-refractivity contribution in [2.24, 2.45) is 0 Å². The molecule has 0 bridgehead atoms. The Hall–Kier alpha value is -2.91. The van der Waals surface area contributed by atoms with Gasteiger partial charge >= 0.3 is 5.97 Å². The van der Waals surface area contributed by atoms with Crippen molar-refractivity contribution in [1.82, 2.24) is 0 Å². The van der Waals surface area contributed by atoms with Crippen LogP contribution in [0.15, 0.2) is 47.4 Å². The summed E-state index contributed by atoms with van der Waals surface area (Å²) in [6, 6.07) is 10.7. The summed E-state index contributed by atoms with van der Waals surface area (Å²) in [7, 11) is 2.72. The molecule has 0 atom stereocenters. The molecule has 0 aromatic heterocycles. The van der Waals surface area contributed by atoms with E-state index in [1.807, 2.05) is 0 Å². The molecular weight excluding hydrogens is 417 g/mol. The third kappa shape index (κ3) is 4.57. The van der Waals surface area contributed by atoms with Gasteiger partial charge in [-0.2, -0.15) is 0 Å². The number of carbonyl (C=O) groups is 2. The van der Waals surface area contributed by atoms with Gasteiger partial charge in [0.15, 0.2) is 22.4 Å². The number of thiocarbonyl (C=S) groups is 1. The Kier molecular flexibility index (Phi) is 6.50. The van der Waals surface area contributed by atoms with Crippen LogP contribution in [0.2, 0.25) is 0 Å². The summed E-state index contributed by atoms with van der Waals surface area (Å²) in [5, 5.41) is 0. The summed E-state index contributed by atoms with van der Waals surface area (Å²) in [5.41, 5.74) is 0.872. The summed E-state index contributed by atoms with van der Waals surface area (Å²) < 4.78 is 29.3. The highest BCUT2D eigenvalue weighted by Gasteiger charge is 2.33.